The predicted molar refractivity (Wildman–Crippen MR) is 56.2 cm³/mol. The Kier molecular flexibility index (Phi) is 2.37. The summed E-state index contributed by atoms with van der Waals surface area (Å²) in [5.41, 5.74) is 2.40. The molecule has 1 aromatic heterocycles. The molecule has 0 N–H and O–H groups in total. The molecule has 0 aliphatic heterocycles. The van der Waals surface area contributed by atoms with Gasteiger partial charge in [0.05, 0.1) is 5.69 Å². The molecule has 0 amide bonds. The average molecular weight is 203 g/mol. The number of carbonyl (C=O) groups is 1. The van der Waals surface area contributed by atoms with Gasteiger partial charge in [-0.15, -0.1) is 0 Å². The van der Waals surface area contributed by atoms with Gasteiger partial charge in [0.25, 0.3) is 0 Å². The van der Waals surface area contributed by atoms with Gasteiger partial charge in [0.2, 0.25) is 0 Å². The fraction of sp³-hybridized carbons (Fsp3) is 0.0833. The fourth-order valence-electron chi connectivity index (χ4n) is 1.56. The number of benzene rings is 1. The van der Waals surface area contributed by atoms with Crippen molar-refractivity contribution in [1.29, 1.82) is 0 Å². The molecule has 76 valence electrons. The van der Waals surface area contributed by atoms with Gasteiger partial charge in [0, 0.05) is 12.7 Å². The maximum absolute atomic E-state index is 12.7. The quantitative estimate of drug-likeness (QED) is 0.688. The van der Waals surface area contributed by atoms with Gasteiger partial charge in [-0.05, 0) is 42.0 Å². The molecular formula is C12H10FNO. The summed E-state index contributed by atoms with van der Waals surface area (Å²) >= 11 is 0. The van der Waals surface area contributed by atoms with Crippen LogP contribution in [0.2, 0.25) is 0 Å². The Labute approximate surface area is 87.0 Å². The summed E-state index contributed by atoms with van der Waals surface area (Å²) < 4.78 is 14.5. The highest BCUT2D eigenvalue weighted by atomic mass is 19.1. The second-order valence-electron chi connectivity index (χ2n) is 3.33. The molecular weight excluding hydrogens is 193 g/mol. The Bertz CT molecular complexity index is 485. The lowest BCUT2D eigenvalue weighted by Crippen LogP contribution is -1.96. The first kappa shape index (κ1) is 9.65. The van der Waals surface area contributed by atoms with Crippen LogP contribution in [-0.4, -0.2) is 10.9 Å². The molecule has 0 spiro atoms. The van der Waals surface area contributed by atoms with Crippen LogP contribution in [0.4, 0.5) is 4.39 Å². The van der Waals surface area contributed by atoms with E-state index in [1.54, 1.807) is 22.8 Å². The summed E-state index contributed by atoms with van der Waals surface area (Å²) in [7, 11) is 1.81. The summed E-state index contributed by atoms with van der Waals surface area (Å²) in [5, 5.41) is 0. The maximum Gasteiger partial charge on any atom is 0.166 e. The van der Waals surface area contributed by atoms with Crippen LogP contribution < -0.4 is 0 Å². The van der Waals surface area contributed by atoms with Crippen LogP contribution in [0.1, 0.15) is 10.5 Å². The van der Waals surface area contributed by atoms with E-state index in [4.69, 9.17) is 0 Å². The molecule has 0 fully saturated rings. The Hall–Kier alpha value is -1.90. The third-order valence-electron chi connectivity index (χ3n) is 2.42. The first-order chi connectivity index (χ1) is 7.22. The van der Waals surface area contributed by atoms with E-state index in [0.717, 1.165) is 17.5 Å². The van der Waals surface area contributed by atoms with Gasteiger partial charge in [0.1, 0.15) is 5.82 Å². The molecule has 0 unspecified atom stereocenters. The van der Waals surface area contributed by atoms with E-state index in [0.29, 0.717) is 5.69 Å². The first-order valence-electron chi connectivity index (χ1n) is 4.59. The Morgan fingerprint density at radius 3 is 2.33 bits per heavy atom. The van der Waals surface area contributed by atoms with Crippen LogP contribution >= 0.6 is 0 Å². The van der Waals surface area contributed by atoms with E-state index < -0.39 is 0 Å². The van der Waals surface area contributed by atoms with E-state index in [2.05, 4.69) is 0 Å². The standard InChI is InChI=1S/C12H10FNO/c1-14-11(8-15)6-7-12(14)9-2-4-10(13)5-3-9/h2-8H,1H3. The van der Waals surface area contributed by atoms with E-state index >= 15 is 0 Å². The minimum Gasteiger partial charge on any atom is -0.341 e. The minimum atomic E-state index is -0.261. The normalized spacial score (nSPS) is 10.3. The van der Waals surface area contributed by atoms with Crippen molar-refractivity contribution in [2.75, 3.05) is 0 Å². The molecule has 2 rings (SSSR count). The van der Waals surface area contributed by atoms with Gasteiger partial charge in [-0.3, -0.25) is 4.79 Å². The fourth-order valence-corrected chi connectivity index (χ4v) is 1.56. The topological polar surface area (TPSA) is 22.0 Å². The van der Waals surface area contributed by atoms with Gasteiger partial charge >= 0.3 is 0 Å². The molecule has 2 nitrogen and oxygen atoms in total. The molecule has 1 aromatic carbocycles. The Morgan fingerprint density at radius 2 is 1.80 bits per heavy atom. The van der Waals surface area contributed by atoms with Crippen LogP contribution in [0.25, 0.3) is 11.3 Å². The third kappa shape index (κ3) is 1.68. The van der Waals surface area contributed by atoms with Crippen molar-refractivity contribution in [3.63, 3.8) is 0 Å². The van der Waals surface area contributed by atoms with Gasteiger partial charge in [-0.2, -0.15) is 0 Å². The van der Waals surface area contributed by atoms with Crippen molar-refractivity contribution in [2.45, 2.75) is 0 Å². The van der Waals surface area contributed by atoms with E-state index in [1.807, 2.05) is 13.1 Å². The molecule has 2 aromatic rings. The molecule has 0 saturated carbocycles. The summed E-state index contributed by atoms with van der Waals surface area (Å²) in [6.07, 6.45) is 0.799. The second-order valence-corrected chi connectivity index (χ2v) is 3.33. The highest BCUT2D eigenvalue weighted by molar-refractivity contribution is 5.76. The summed E-state index contributed by atoms with van der Waals surface area (Å²) in [4.78, 5) is 10.6. The molecule has 0 aliphatic carbocycles. The zero-order chi connectivity index (χ0) is 10.8. The lowest BCUT2D eigenvalue weighted by molar-refractivity contribution is 0.111. The zero-order valence-corrected chi connectivity index (χ0v) is 8.27. The van der Waals surface area contributed by atoms with Gasteiger partial charge in [-0.25, -0.2) is 4.39 Å². The number of aromatic nitrogens is 1. The molecule has 1 heterocycles. The molecule has 0 bridgehead atoms. The van der Waals surface area contributed by atoms with Crippen molar-refractivity contribution >= 4 is 6.29 Å². The highest BCUT2D eigenvalue weighted by Crippen LogP contribution is 2.20. The van der Waals surface area contributed by atoms with Crippen molar-refractivity contribution in [3.05, 3.63) is 47.9 Å². The SMILES string of the molecule is Cn1c(C=O)ccc1-c1ccc(F)cc1. The smallest absolute Gasteiger partial charge is 0.166 e. The molecule has 0 atom stereocenters. The van der Waals surface area contributed by atoms with Gasteiger partial charge < -0.3 is 4.57 Å². The average Bonchev–Trinajstić information content (AvgIpc) is 2.61. The molecule has 0 saturated heterocycles. The lowest BCUT2D eigenvalue weighted by Gasteiger charge is -2.04. The summed E-state index contributed by atoms with van der Waals surface area (Å²) in [5.74, 6) is -0.261. The minimum absolute atomic E-state index is 0.261. The molecule has 15 heavy (non-hydrogen) atoms. The largest absolute Gasteiger partial charge is 0.341 e. The van der Waals surface area contributed by atoms with Crippen molar-refractivity contribution in [2.24, 2.45) is 7.05 Å². The number of hydrogen-bond donors (Lipinski definition) is 0. The molecule has 3 heteroatoms. The first-order valence-corrected chi connectivity index (χ1v) is 4.59. The Balaban J connectivity index is 2.49. The van der Waals surface area contributed by atoms with Crippen LogP contribution in [-0.2, 0) is 7.05 Å². The molecule has 0 aliphatic rings. The number of nitrogens with zero attached hydrogens (tertiary/aromatic N) is 1. The number of hydrogen-bond acceptors (Lipinski definition) is 1. The summed E-state index contributed by atoms with van der Waals surface area (Å²) in [6, 6.07) is 9.78. The zero-order valence-electron chi connectivity index (χ0n) is 8.27. The van der Waals surface area contributed by atoms with Crippen LogP contribution in [0.15, 0.2) is 36.4 Å². The van der Waals surface area contributed by atoms with E-state index in [1.165, 1.54) is 12.1 Å². The van der Waals surface area contributed by atoms with E-state index in [9.17, 15) is 9.18 Å². The monoisotopic (exact) mass is 203 g/mol. The summed E-state index contributed by atoms with van der Waals surface area (Å²) in [6.45, 7) is 0. The number of halogens is 1. The van der Waals surface area contributed by atoms with E-state index in [-0.39, 0.29) is 5.82 Å². The van der Waals surface area contributed by atoms with Crippen molar-refractivity contribution in [3.8, 4) is 11.3 Å². The predicted octanol–water partition coefficient (Wildman–Crippen LogP) is 2.64. The second kappa shape index (κ2) is 3.69. The van der Waals surface area contributed by atoms with Crippen molar-refractivity contribution in [1.82, 2.24) is 4.57 Å². The number of aldehydes is 1. The maximum atomic E-state index is 12.7. The van der Waals surface area contributed by atoms with Gasteiger partial charge in [0.15, 0.2) is 6.29 Å². The molecule has 0 radical (unpaired) electrons. The van der Waals surface area contributed by atoms with Gasteiger partial charge in [-0.1, -0.05) is 0 Å². The number of carbonyl (C=O) groups excluding carboxylic acids is 1. The van der Waals surface area contributed by atoms with Crippen LogP contribution in [0.3, 0.4) is 0 Å². The van der Waals surface area contributed by atoms with Crippen molar-refractivity contribution < 1.29 is 9.18 Å². The van der Waals surface area contributed by atoms with Crippen LogP contribution in [0, 0.1) is 5.82 Å². The number of rotatable bonds is 2. The van der Waals surface area contributed by atoms with Crippen LogP contribution in [0.5, 0.6) is 0 Å². The Morgan fingerprint density at radius 1 is 1.13 bits per heavy atom. The highest BCUT2D eigenvalue weighted by Gasteiger charge is 2.05. The third-order valence-corrected chi connectivity index (χ3v) is 2.42. The lowest BCUT2D eigenvalue weighted by atomic mass is 10.1.